The number of imidazole rings is 1. The SMILES string of the molecule is CC/C=C/C(=C\c1ncn(Cc2ccc3nc(N)sc3c2)c1C)CC.CC1CCCCC1. The molecule has 2 N–H and O–H groups in total. The van der Waals surface area contributed by atoms with Crippen LogP contribution < -0.4 is 5.73 Å². The Kier molecular flexibility index (Phi) is 9.10. The third-order valence-corrected chi connectivity index (χ3v) is 7.00. The van der Waals surface area contributed by atoms with Crippen LogP contribution in [0.15, 0.2) is 42.3 Å². The summed E-state index contributed by atoms with van der Waals surface area (Å²) in [6.45, 7) is 9.61. The maximum Gasteiger partial charge on any atom is 0.181 e. The van der Waals surface area contributed by atoms with Crippen molar-refractivity contribution in [2.45, 2.75) is 79.2 Å². The Morgan fingerprint density at radius 2 is 2.00 bits per heavy atom. The number of nitrogens with zero attached hydrogens (tertiary/aromatic N) is 3. The maximum atomic E-state index is 5.80. The lowest BCUT2D eigenvalue weighted by atomic mass is 9.91. The third kappa shape index (κ3) is 6.80. The largest absolute Gasteiger partial charge is 0.375 e. The van der Waals surface area contributed by atoms with Gasteiger partial charge in [-0.15, -0.1) is 0 Å². The molecule has 1 saturated carbocycles. The Morgan fingerprint density at radius 3 is 2.66 bits per heavy atom. The lowest BCUT2D eigenvalue weighted by molar-refractivity contribution is 0.385. The molecule has 0 atom stereocenters. The van der Waals surface area contributed by atoms with Crippen molar-refractivity contribution in [1.82, 2.24) is 14.5 Å². The smallest absolute Gasteiger partial charge is 0.181 e. The molecule has 0 saturated heterocycles. The number of rotatable bonds is 6. The molecule has 1 fully saturated rings. The zero-order chi connectivity index (χ0) is 22.9. The van der Waals surface area contributed by atoms with Gasteiger partial charge in [-0.3, -0.25) is 0 Å². The molecule has 5 heteroatoms. The molecule has 0 spiro atoms. The Labute approximate surface area is 197 Å². The number of thiazole rings is 1. The summed E-state index contributed by atoms with van der Waals surface area (Å²) in [4.78, 5) is 8.91. The Hall–Kier alpha value is -2.40. The van der Waals surface area contributed by atoms with Crippen molar-refractivity contribution in [3.05, 3.63) is 59.2 Å². The second kappa shape index (κ2) is 12.0. The number of fused-ring (bicyclic) bond motifs is 1. The highest BCUT2D eigenvalue weighted by molar-refractivity contribution is 7.22. The fourth-order valence-corrected chi connectivity index (χ4v) is 4.86. The lowest BCUT2D eigenvalue weighted by Crippen LogP contribution is -2.00. The van der Waals surface area contributed by atoms with Crippen molar-refractivity contribution < 1.29 is 0 Å². The number of nitrogen functional groups attached to an aromatic ring is 1. The quantitative estimate of drug-likeness (QED) is 0.390. The van der Waals surface area contributed by atoms with E-state index in [1.807, 2.05) is 12.4 Å². The molecule has 4 nitrogen and oxygen atoms in total. The van der Waals surface area contributed by atoms with Crippen LogP contribution >= 0.6 is 11.3 Å². The van der Waals surface area contributed by atoms with Gasteiger partial charge in [0.05, 0.1) is 22.2 Å². The monoisotopic (exact) mass is 450 g/mol. The van der Waals surface area contributed by atoms with E-state index in [1.165, 1.54) is 60.3 Å². The summed E-state index contributed by atoms with van der Waals surface area (Å²) >= 11 is 1.53. The first kappa shape index (κ1) is 24.2. The van der Waals surface area contributed by atoms with Crippen LogP contribution in [0.4, 0.5) is 5.13 Å². The van der Waals surface area contributed by atoms with E-state index < -0.39 is 0 Å². The van der Waals surface area contributed by atoms with Crippen molar-refractivity contribution >= 4 is 32.8 Å². The molecular formula is C27H38N4S. The van der Waals surface area contributed by atoms with Gasteiger partial charge in [-0.05, 0) is 55.0 Å². The summed E-state index contributed by atoms with van der Waals surface area (Å²) in [5.41, 5.74) is 11.5. The van der Waals surface area contributed by atoms with E-state index >= 15 is 0 Å². The maximum absolute atomic E-state index is 5.80. The van der Waals surface area contributed by atoms with Gasteiger partial charge in [-0.1, -0.05) is 82.4 Å². The first-order valence-electron chi connectivity index (χ1n) is 12.0. The standard InChI is InChI=1S/C20H24N4S.C7H14/c1-4-6-7-15(5-2)10-18-14(3)24(13-22-18)12-16-8-9-17-19(11-16)25-20(21)23-17;1-7-5-3-2-4-6-7/h6-11,13H,4-5,12H2,1-3H3,(H2,21,23);7H,2-6H2,1H3/b7-6+,15-10-;. The molecule has 4 rings (SSSR count). The van der Waals surface area contributed by atoms with Gasteiger partial charge in [-0.25, -0.2) is 9.97 Å². The molecule has 2 aromatic heterocycles. The highest BCUT2D eigenvalue weighted by Crippen LogP contribution is 2.25. The van der Waals surface area contributed by atoms with E-state index in [1.54, 1.807) is 0 Å². The van der Waals surface area contributed by atoms with E-state index in [0.717, 1.165) is 41.2 Å². The molecule has 1 aliphatic carbocycles. The summed E-state index contributed by atoms with van der Waals surface area (Å²) < 4.78 is 3.32. The number of benzene rings is 1. The molecular weight excluding hydrogens is 412 g/mol. The highest BCUT2D eigenvalue weighted by Gasteiger charge is 2.08. The van der Waals surface area contributed by atoms with E-state index in [4.69, 9.17) is 5.73 Å². The minimum atomic E-state index is 0.616. The van der Waals surface area contributed by atoms with Gasteiger partial charge in [0, 0.05) is 12.2 Å². The molecule has 0 radical (unpaired) electrons. The second-order valence-electron chi connectivity index (χ2n) is 8.82. The van der Waals surface area contributed by atoms with Gasteiger partial charge < -0.3 is 10.3 Å². The topological polar surface area (TPSA) is 56.7 Å². The van der Waals surface area contributed by atoms with Crippen molar-refractivity contribution in [3.8, 4) is 0 Å². The fraction of sp³-hybridized carbons (Fsp3) is 0.481. The van der Waals surface area contributed by atoms with Gasteiger partial charge >= 0.3 is 0 Å². The van der Waals surface area contributed by atoms with Gasteiger partial charge in [0.25, 0.3) is 0 Å². The van der Waals surface area contributed by atoms with Gasteiger partial charge in [0.15, 0.2) is 5.13 Å². The molecule has 0 bridgehead atoms. The van der Waals surface area contributed by atoms with Crippen molar-refractivity contribution in [2.24, 2.45) is 5.92 Å². The molecule has 3 aromatic rings. The average Bonchev–Trinajstić information content (AvgIpc) is 3.33. The first-order valence-corrected chi connectivity index (χ1v) is 12.9. The summed E-state index contributed by atoms with van der Waals surface area (Å²) in [5, 5.41) is 0.616. The second-order valence-corrected chi connectivity index (χ2v) is 9.89. The van der Waals surface area contributed by atoms with E-state index in [0.29, 0.717) is 5.13 Å². The molecule has 0 aliphatic heterocycles. The van der Waals surface area contributed by atoms with Crippen molar-refractivity contribution in [1.29, 1.82) is 0 Å². The first-order chi connectivity index (χ1) is 15.5. The van der Waals surface area contributed by atoms with Crippen LogP contribution in [-0.4, -0.2) is 14.5 Å². The average molecular weight is 451 g/mol. The summed E-state index contributed by atoms with van der Waals surface area (Å²) in [7, 11) is 0. The zero-order valence-corrected chi connectivity index (χ0v) is 20.9. The lowest BCUT2D eigenvalue weighted by Gasteiger charge is -2.15. The number of hydrogen-bond donors (Lipinski definition) is 1. The van der Waals surface area contributed by atoms with Gasteiger partial charge in [0.2, 0.25) is 0 Å². The summed E-state index contributed by atoms with van der Waals surface area (Å²) in [6, 6.07) is 6.31. The van der Waals surface area contributed by atoms with Crippen LogP contribution in [0, 0.1) is 12.8 Å². The zero-order valence-electron chi connectivity index (χ0n) is 20.1. The number of aromatic nitrogens is 3. The number of anilines is 1. The number of allylic oxidation sites excluding steroid dienone is 3. The van der Waals surface area contributed by atoms with Crippen molar-refractivity contribution in [3.63, 3.8) is 0 Å². The van der Waals surface area contributed by atoms with Crippen LogP contribution in [0.25, 0.3) is 16.3 Å². The van der Waals surface area contributed by atoms with E-state index in [-0.39, 0.29) is 0 Å². The molecule has 2 heterocycles. The molecule has 32 heavy (non-hydrogen) atoms. The predicted octanol–water partition coefficient (Wildman–Crippen LogP) is 7.78. The van der Waals surface area contributed by atoms with E-state index in [9.17, 15) is 0 Å². The number of hydrogen-bond acceptors (Lipinski definition) is 4. The molecule has 172 valence electrons. The Morgan fingerprint density at radius 1 is 1.22 bits per heavy atom. The molecule has 0 amide bonds. The summed E-state index contributed by atoms with van der Waals surface area (Å²) in [6.07, 6.45) is 18.0. The minimum absolute atomic E-state index is 0.616. The van der Waals surface area contributed by atoms with E-state index in [2.05, 4.69) is 72.6 Å². The Bertz CT molecular complexity index is 1050. The Balaban J connectivity index is 0.000000352. The van der Waals surface area contributed by atoms with Gasteiger partial charge in [0.1, 0.15) is 0 Å². The summed E-state index contributed by atoms with van der Waals surface area (Å²) in [5.74, 6) is 1.04. The van der Waals surface area contributed by atoms with Crippen LogP contribution in [0.5, 0.6) is 0 Å². The molecule has 1 aromatic carbocycles. The van der Waals surface area contributed by atoms with Gasteiger partial charge in [-0.2, -0.15) is 0 Å². The van der Waals surface area contributed by atoms with Crippen LogP contribution in [-0.2, 0) is 6.54 Å². The normalized spacial score (nSPS) is 15.3. The highest BCUT2D eigenvalue weighted by atomic mass is 32.1. The van der Waals surface area contributed by atoms with Crippen LogP contribution in [0.3, 0.4) is 0 Å². The molecule has 1 aliphatic rings. The van der Waals surface area contributed by atoms with Crippen molar-refractivity contribution in [2.75, 3.05) is 5.73 Å². The number of nitrogens with two attached hydrogens (primary N) is 1. The fourth-order valence-electron chi connectivity index (χ4n) is 4.06. The van der Waals surface area contributed by atoms with Crippen LogP contribution in [0.1, 0.15) is 82.7 Å². The third-order valence-electron chi connectivity index (χ3n) is 6.15. The predicted molar refractivity (Wildman–Crippen MR) is 140 cm³/mol. The minimum Gasteiger partial charge on any atom is -0.375 e. The molecule has 0 unspecified atom stereocenters. The van der Waals surface area contributed by atoms with Crippen LogP contribution in [0.2, 0.25) is 0 Å².